The lowest BCUT2D eigenvalue weighted by Gasteiger charge is -2.36. The summed E-state index contributed by atoms with van der Waals surface area (Å²) >= 11 is 0. The van der Waals surface area contributed by atoms with Crippen LogP contribution >= 0.6 is 0 Å². The molecular weight excluding hydrogens is 1240 g/mol. The first-order valence-electron chi connectivity index (χ1n) is 33.0. The number of aryl methyl sites for hydroxylation is 1. The second kappa shape index (κ2) is 36.6. The molecule has 0 spiro atoms. The van der Waals surface area contributed by atoms with Crippen molar-refractivity contribution in [2.24, 2.45) is 11.3 Å². The molecule has 97 heavy (non-hydrogen) atoms. The maximum absolute atomic E-state index is 15.1. The number of piperidine rings is 1. The zero-order chi connectivity index (χ0) is 71.1. The Morgan fingerprint density at radius 2 is 1.36 bits per heavy atom. The average molecular weight is 1340 g/mol. The van der Waals surface area contributed by atoms with Crippen molar-refractivity contribution in [3.05, 3.63) is 125 Å². The van der Waals surface area contributed by atoms with E-state index in [9.17, 15) is 47.9 Å². The highest BCUT2D eigenvalue weighted by atomic mass is 16.5. The van der Waals surface area contributed by atoms with E-state index in [-0.39, 0.29) is 76.0 Å². The minimum Gasteiger partial charge on any atom is -0.493 e. The van der Waals surface area contributed by atoms with Crippen LogP contribution in [-0.2, 0) is 81.6 Å². The lowest BCUT2D eigenvalue weighted by Crippen LogP contribution is -2.58. The lowest BCUT2D eigenvalue weighted by atomic mass is 9.87. The summed E-state index contributed by atoms with van der Waals surface area (Å²) < 4.78 is 22.3. The smallest absolute Gasteiger partial charge is 0.348 e. The van der Waals surface area contributed by atoms with Gasteiger partial charge < -0.3 is 70.1 Å². The largest absolute Gasteiger partial charge is 0.493 e. The standard InChI is InChI=1S/C72H96N10O15/c1-12-79(8)68(90)56(38-46(2)3)80(9)69(91)54-25-19-37-81(54)67(89)53(39-47-26-28-49(29-27-47)43-74-62(85)44-78(6)7)76-66(88)64(50-20-14-13-15-21-50)77-61(84)35-34-60(83)75-52-23-18-22-51(41-52)57(32-30-48-31-33-58(94-10)59(40-48)95-11)97-71(93)55-24-16-17-36-82(55)70(92)65(87)72(4,5)45-96-63(86)42-73/h13-15,18,20-23,26-29,31,33,40-42,46,53-57,64,73H,12,16-17,19,24-25,30,32,34-39,43-45H2,1-11H3,(H,74,85)(H,75,83)(H,76,88)(H,77,84)/t53-,54+,55-,56-,57+,64-/m0/s1. The SMILES string of the molecule is CCN(C)C(=O)[C@H](CC(C)C)N(C)C(=O)[C@H]1CCCN1C(=O)[C@H](Cc1ccc(CNC(=O)CN(C)C)cc1)NC(=O)[C@@H](NC(=O)CCC(=O)Nc1cccc([C@@H](CCc2ccc(OC)c(OC)c2)OC(=O)[C@@H]2CCCCN2C(=O)C(=O)C(C)(C)COC(=O)C=N)c1)c1ccccc1. The van der Waals surface area contributed by atoms with Crippen molar-refractivity contribution in [3.8, 4) is 11.5 Å². The van der Waals surface area contributed by atoms with Gasteiger partial charge in [0.05, 0.1) is 26.2 Å². The van der Waals surface area contributed by atoms with E-state index >= 15 is 4.79 Å². The van der Waals surface area contributed by atoms with Gasteiger partial charge in [-0.2, -0.15) is 0 Å². The van der Waals surface area contributed by atoms with Gasteiger partial charge in [0.15, 0.2) is 11.5 Å². The van der Waals surface area contributed by atoms with Crippen LogP contribution in [0, 0.1) is 16.7 Å². The zero-order valence-corrected chi connectivity index (χ0v) is 57.7. The van der Waals surface area contributed by atoms with E-state index in [4.69, 9.17) is 24.4 Å². The molecule has 4 aromatic rings. The predicted octanol–water partition coefficient (Wildman–Crippen LogP) is 5.91. The number of ketones is 1. The summed E-state index contributed by atoms with van der Waals surface area (Å²) in [5.41, 5.74) is 1.90. The molecule has 5 N–H and O–H groups in total. The van der Waals surface area contributed by atoms with Crippen LogP contribution in [0.5, 0.6) is 11.5 Å². The maximum Gasteiger partial charge on any atom is 0.348 e. The number of nitrogens with zero attached hydrogens (tertiary/aromatic N) is 5. The second-order valence-electron chi connectivity index (χ2n) is 25.9. The van der Waals surface area contributed by atoms with E-state index < -0.39 is 101 Å². The van der Waals surface area contributed by atoms with Crippen LogP contribution in [0.2, 0.25) is 0 Å². The highest BCUT2D eigenvalue weighted by Gasteiger charge is 2.44. The normalized spacial score (nSPS) is 15.8. The highest BCUT2D eigenvalue weighted by molar-refractivity contribution is 6.38. The summed E-state index contributed by atoms with van der Waals surface area (Å²) in [7, 11) is 9.87. The topological polar surface area (TPSA) is 313 Å². The van der Waals surface area contributed by atoms with Gasteiger partial charge in [-0.15, -0.1) is 0 Å². The van der Waals surface area contributed by atoms with Crippen molar-refractivity contribution in [3.63, 3.8) is 0 Å². The number of anilines is 1. The van der Waals surface area contributed by atoms with Gasteiger partial charge in [-0.25, -0.2) is 9.59 Å². The molecule has 6 rings (SSSR count). The van der Waals surface area contributed by atoms with Crippen LogP contribution in [0.25, 0.3) is 0 Å². The third kappa shape index (κ3) is 22.0. The number of ether oxygens (including phenoxy) is 4. The molecule has 6 atom stereocenters. The fraction of sp³-hybridized carbons (Fsp3) is 0.500. The molecule has 0 unspecified atom stereocenters. The Kier molecular flexibility index (Phi) is 28.8. The van der Waals surface area contributed by atoms with Gasteiger partial charge in [-0.05, 0) is 144 Å². The monoisotopic (exact) mass is 1340 g/mol. The molecule has 8 amide bonds. The number of likely N-dealkylation sites (N-methyl/N-ethyl adjacent to an activating group) is 3. The van der Waals surface area contributed by atoms with E-state index in [1.54, 1.807) is 117 Å². The first-order chi connectivity index (χ1) is 46.2. The number of carbonyl (C=O) groups excluding carboxylic acids is 11. The number of methoxy groups -OCH3 is 2. The van der Waals surface area contributed by atoms with E-state index in [0.29, 0.717) is 85.2 Å². The third-order valence-corrected chi connectivity index (χ3v) is 17.3. The molecule has 2 fully saturated rings. The number of rotatable bonds is 34. The van der Waals surface area contributed by atoms with Gasteiger partial charge in [0.2, 0.25) is 47.1 Å². The van der Waals surface area contributed by atoms with Gasteiger partial charge in [-0.1, -0.05) is 86.6 Å². The van der Waals surface area contributed by atoms with Crippen LogP contribution in [0.1, 0.15) is 132 Å². The summed E-state index contributed by atoms with van der Waals surface area (Å²) in [4.78, 5) is 160. The van der Waals surface area contributed by atoms with Crippen LogP contribution in [0.4, 0.5) is 5.69 Å². The lowest BCUT2D eigenvalue weighted by molar-refractivity contribution is -0.165. The fourth-order valence-electron chi connectivity index (χ4n) is 11.7. The van der Waals surface area contributed by atoms with E-state index in [0.717, 1.165) is 11.1 Å². The van der Waals surface area contributed by atoms with Crippen molar-refractivity contribution in [2.75, 3.05) is 80.5 Å². The van der Waals surface area contributed by atoms with Crippen molar-refractivity contribution in [1.82, 2.24) is 40.4 Å². The van der Waals surface area contributed by atoms with Crippen LogP contribution in [0.15, 0.2) is 97.1 Å². The highest BCUT2D eigenvalue weighted by Crippen LogP contribution is 2.33. The van der Waals surface area contributed by atoms with Crippen molar-refractivity contribution >= 4 is 76.9 Å². The Morgan fingerprint density at radius 3 is 2.02 bits per heavy atom. The van der Waals surface area contributed by atoms with Gasteiger partial charge in [-0.3, -0.25) is 43.2 Å². The molecule has 2 saturated heterocycles. The minimum atomic E-state index is -1.48. The van der Waals surface area contributed by atoms with Gasteiger partial charge in [0.25, 0.3) is 5.91 Å². The third-order valence-electron chi connectivity index (χ3n) is 17.3. The first kappa shape index (κ1) is 76.5. The molecule has 25 heteroatoms. The van der Waals surface area contributed by atoms with Crippen LogP contribution < -0.4 is 30.7 Å². The zero-order valence-electron chi connectivity index (χ0n) is 57.7. The molecule has 25 nitrogen and oxygen atoms in total. The number of hydrogen-bond acceptors (Lipinski definition) is 17. The summed E-state index contributed by atoms with van der Waals surface area (Å²) in [6.45, 7) is 9.35. The number of esters is 2. The molecule has 0 bridgehead atoms. The Hall–Kier alpha value is -9.52. The van der Waals surface area contributed by atoms with Gasteiger partial charge in [0, 0.05) is 65.2 Å². The number of Topliss-reactive ketones (excluding diaryl/α,β-unsaturated/α-hetero) is 1. The molecule has 524 valence electrons. The number of nitrogens with one attached hydrogen (secondary N) is 5. The fourth-order valence-corrected chi connectivity index (χ4v) is 11.7. The molecule has 0 aromatic heterocycles. The number of likely N-dealkylation sites (tertiary alicyclic amines) is 2. The number of hydrogen-bond donors (Lipinski definition) is 5. The molecule has 2 heterocycles. The van der Waals surface area contributed by atoms with E-state index in [2.05, 4.69) is 21.3 Å². The predicted molar refractivity (Wildman–Crippen MR) is 363 cm³/mol. The Balaban J connectivity index is 1.21. The Bertz CT molecular complexity index is 3430. The number of carbonyl (C=O) groups is 11. The minimum absolute atomic E-state index is 0.0316. The maximum atomic E-state index is 15.1. The second-order valence-corrected chi connectivity index (χ2v) is 25.9. The molecule has 0 radical (unpaired) electrons. The van der Waals surface area contributed by atoms with Crippen molar-refractivity contribution < 1.29 is 71.7 Å². The van der Waals surface area contributed by atoms with Crippen LogP contribution in [0.3, 0.4) is 0 Å². The van der Waals surface area contributed by atoms with Gasteiger partial charge >= 0.3 is 11.9 Å². The molecule has 0 aliphatic carbocycles. The van der Waals surface area contributed by atoms with E-state index in [1.807, 2.05) is 39.0 Å². The molecule has 4 aromatic carbocycles. The molecule has 2 aliphatic rings. The molecule has 0 saturated carbocycles. The summed E-state index contributed by atoms with van der Waals surface area (Å²) in [5, 5.41) is 18.6. The van der Waals surface area contributed by atoms with E-state index in [1.165, 1.54) is 42.8 Å². The number of benzene rings is 4. The first-order valence-corrected chi connectivity index (χ1v) is 33.0. The van der Waals surface area contributed by atoms with Gasteiger partial charge in [0.1, 0.15) is 49.1 Å². The summed E-state index contributed by atoms with van der Waals surface area (Å²) in [6.07, 6.45) is 1.74. The van der Waals surface area contributed by atoms with Crippen LogP contribution in [-0.4, -0.2) is 195 Å². The average Bonchev–Trinajstić information content (AvgIpc) is 1.71. The summed E-state index contributed by atoms with van der Waals surface area (Å²) in [5.74, 6) is -5.86. The summed E-state index contributed by atoms with van der Waals surface area (Å²) in [6, 6.07) is 22.1. The molecule has 2 aliphatic heterocycles. The van der Waals surface area contributed by atoms with Crippen molar-refractivity contribution in [1.29, 1.82) is 5.41 Å². The molecular formula is C72H96N10O15. The number of amides is 8. The van der Waals surface area contributed by atoms with Crippen molar-refractivity contribution in [2.45, 2.75) is 148 Å². The Labute approximate surface area is 568 Å². The quantitative estimate of drug-likeness (QED) is 0.0206. The Morgan fingerprint density at radius 1 is 0.711 bits per heavy atom.